The maximum Gasteiger partial charge on any atom is 1.00 e. The molecule has 1 aliphatic rings. The van der Waals surface area contributed by atoms with Crippen LogP contribution in [-0.2, 0) is 13.8 Å². The summed E-state index contributed by atoms with van der Waals surface area (Å²) in [5.74, 6) is -0.587. The average molecular weight is 541 g/mol. The zero-order valence-corrected chi connectivity index (χ0v) is 24.2. The zero-order valence-electron chi connectivity index (χ0n) is 19.4. The molecule has 1 amide bonds. The fourth-order valence-corrected chi connectivity index (χ4v) is 3.77. The molecule has 1 fully saturated rings. The third-order valence-corrected chi connectivity index (χ3v) is 5.49. The van der Waals surface area contributed by atoms with Gasteiger partial charge in [0.2, 0.25) is 5.95 Å². The molecule has 18 heteroatoms. The van der Waals surface area contributed by atoms with Gasteiger partial charge in [0.25, 0.3) is 11.5 Å². The summed E-state index contributed by atoms with van der Waals surface area (Å²) < 4.78 is 26.5. The number of nitrogens with zero attached hydrogens (tertiary/aromatic N) is 3. The first-order chi connectivity index (χ1) is 16.1. The number of aliphatic hydroxyl groups is 2. The van der Waals surface area contributed by atoms with Crippen LogP contribution in [0, 0.1) is 0 Å². The minimum Gasteiger partial charge on any atom is -0.790 e. The van der Waals surface area contributed by atoms with Crippen molar-refractivity contribution in [3.8, 4) is 5.75 Å². The number of aromatic nitrogens is 4. The molecule has 1 aliphatic heterocycles. The molecule has 182 valence electrons. The minimum absolute atomic E-state index is 0. The predicted octanol–water partition coefficient (Wildman–Crippen LogP) is -8.15. The van der Waals surface area contributed by atoms with Gasteiger partial charge in [-0.25, -0.2) is 4.98 Å². The quantitative estimate of drug-likeness (QED) is 0.162. The number of ether oxygens (including phenoxy) is 2. The van der Waals surface area contributed by atoms with Crippen molar-refractivity contribution in [2.75, 3.05) is 19.0 Å². The summed E-state index contributed by atoms with van der Waals surface area (Å²) in [6.45, 7) is -0.833. The number of anilines is 1. The SMILES string of the molecule is COc1ccccc1C(=O)Nc1nc2c(ncn2[C@@H]2O[C@H](COP(=O)([O-])[O-])[C@@H](O)[C@H]2O)c(=O)[nH]1.[Na+].[Na+]. The van der Waals surface area contributed by atoms with Gasteiger partial charge in [0, 0.05) is 0 Å². The van der Waals surface area contributed by atoms with Crippen LogP contribution in [0.4, 0.5) is 5.95 Å². The molecule has 4 atom stereocenters. The molecule has 0 radical (unpaired) electrons. The number of rotatable bonds is 7. The van der Waals surface area contributed by atoms with Crippen LogP contribution in [0.1, 0.15) is 16.6 Å². The smallest absolute Gasteiger partial charge is 0.790 e. The molecule has 4 N–H and O–H groups in total. The molecule has 0 saturated carbocycles. The Morgan fingerprint density at radius 1 is 1.28 bits per heavy atom. The second kappa shape index (κ2) is 12.6. The van der Waals surface area contributed by atoms with Crippen molar-refractivity contribution in [2.24, 2.45) is 0 Å². The summed E-state index contributed by atoms with van der Waals surface area (Å²) in [6.07, 6.45) is -4.87. The largest absolute Gasteiger partial charge is 1.00 e. The summed E-state index contributed by atoms with van der Waals surface area (Å²) >= 11 is 0. The van der Waals surface area contributed by atoms with Crippen molar-refractivity contribution >= 4 is 30.8 Å². The van der Waals surface area contributed by atoms with E-state index in [1.165, 1.54) is 13.2 Å². The van der Waals surface area contributed by atoms with Gasteiger partial charge in [-0.1, -0.05) is 12.1 Å². The van der Waals surface area contributed by atoms with Crippen LogP contribution in [0.2, 0.25) is 0 Å². The van der Waals surface area contributed by atoms with E-state index in [1.807, 2.05) is 0 Å². The number of nitrogens with one attached hydrogen (secondary N) is 2. The molecular formula is C18H18N5Na2O10P. The number of carbonyl (C=O) groups excluding carboxylic acids is 1. The first kappa shape index (κ1) is 31.1. The molecule has 3 heterocycles. The summed E-state index contributed by atoms with van der Waals surface area (Å²) in [5.41, 5.74) is -0.819. The number of para-hydroxylation sites is 1. The number of benzene rings is 1. The number of amides is 1. The van der Waals surface area contributed by atoms with E-state index in [0.29, 0.717) is 5.75 Å². The topological polar surface area (TPSA) is 224 Å². The van der Waals surface area contributed by atoms with Crippen molar-refractivity contribution in [2.45, 2.75) is 24.5 Å². The van der Waals surface area contributed by atoms with E-state index >= 15 is 0 Å². The van der Waals surface area contributed by atoms with Gasteiger partial charge in [0.15, 0.2) is 17.4 Å². The number of aliphatic hydroxyl groups excluding tert-OH is 2. The number of methoxy groups -OCH3 is 1. The molecule has 3 aromatic rings. The van der Waals surface area contributed by atoms with E-state index in [0.717, 1.165) is 10.9 Å². The molecule has 0 spiro atoms. The Morgan fingerprint density at radius 3 is 2.64 bits per heavy atom. The molecule has 0 bridgehead atoms. The molecule has 2 aromatic heterocycles. The number of H-pyrrole nitrogens is 1. The Labute approximate surface area is 247 Å². The summed E-state index contributed by atoms with van der Waals surface area (Å²) in [4.78, 5) is 57.0. The van der Waals surface area contributed by atoms with Crippen LogP contribution in [0.15, 0.2) is 35.4 Å². The zero-order chi connectivity index (χ0) is 24.6. The standard InChI is InChI=1S/C18H20N5O10P.2Na/c1-31-9-5-3-2-4-8(9)15(26)21-18-20-14-11(16(27)22-18)19-7-23(14)17-13(25)12(24)10(33-17)6-32-34(28,29)30;;/h2-5,7,10,12-13,17,24-25H,6H2,1H3,(H2,28,29,30)(H2,20,21,22,26,27);;/q;2*+1/p-2/t10-,12-,13-,17-;;/m1../s1. The molecule has 1 aromatic carbocycles. The van der Waals surface area contributed by atoms with Crippen LogP contribution < -0.4 is 84.5 Å². The van der Waals surface area contributed by atoms with Gasteiger partial charge in [-0.3, -0.25) is 24.5 Å². The van der Waals surface area contributed by atoms with Crippen LogP contribution in [0.25, 0.3) is 11.2 Å². The summed E-state index contributed by atoms with van der Waals surface area (Å²) in [5, 5.41) is 23.0. The molecule has 0 unspecified atom stereocenters. The number of aromatic amines is 1. The summed E-state index contributed by atoms with van der Waals surface area (Å²) in [7, 11) is -3.95. The number of imidazole rings is 1. The number of phosphoric acid groups is 1. The second-order valence-corrected chi connectivity index (χ2v) is 8.33. The Morgan fingerprint density at radius 2 is 1.97 bits per heavy atom. The molecular weight excluding hydrogens is 523 g/mol. The Bertz CT molecular complexity index is 1330. The van der Waals surface area contributed by atoms with Crippen molar-refractivity contribution < 1.29 is 102 Å². The fraction of sp³-hybridized carbons (Fsp3) is 0.333. The van der Waals surface area contributed by atoms with Gasteiger partial charge in [0.1, 0.15) is 24.1 Å². The number of phosphoric ester groups is 1. The molecule has 0 aliphatic carbocycles. The van der Waals surface area contributed by atoms with Gasteiger partial charge in [-0.15, -0.1) is 0 Å². The van der Waals surface area contributed by atoms with Crippen LogP contribution in [0.3, 0.4) is 0 Å². The molecule has 4 rings (SSSR count). The van der Waals surface area contributed by atoms with E-state index in [2.05, 4.69) is 24.8 Å². The number of carbonyl (C=O) groups is 1. The average Bonchev–Trinajstić information content (AvgIpc) is 3.33. The van der Waals surface area contributed by atoms with Gasteiger partial charge in [-0.05, 0) is 12.1 Å². The van der Waals surface area contributed by atoms with Gasteiger partial charge >= 0.3 is 59.1 Å². The number of hydrogen-bond acceptors (Lipinski definition) is 12. The van der Waals surface area contributed by atoms with Gasteiger partial charge < -0.3 is 38.6 Å². The van der Waals surface area contributed by atoms with Crippen molar-refractivity contribution in [1.82, 2.24) is 19.5 Å². The normalized spacial score (nSPS) is 21.5. The van der Waals surface area contributed by atoms with Crippen LogP contribution >= 0.6 is 7.82 Å². The van der Waals surface area contributed by atoms with Gasteiger partial charge in [-0.2, -0.15) is 4.98 Å². The first-order valence-corrected chi connectivity index (χ1v) is 11.1. The van der Waals surface area contributed by atoms with E-state index < -0.39 is 50.4 Å². The number of fused-ring (bicyclic) bond motifs is 1. The first-order valence-electron chi connectivity index (χ1n) is 9.68. The maximum atomic E-state index is 12.7. The monoisotopic (exact) mass is 541 g/mol. The molecule has 36 heavy (non-hydrogen) atoms. The summed E-state index contributed by atoms with van der Waals surface area (Å²) in [6, 6.07) is 6.37. The van der Waals surface area contributed by atoms with Crippen LogP contribution in [-0.4, -0.2) is 67.7 Å². The Balaban J connectivity index is 0.00000228. The molecule has 15 nitrogen and oxygen atoms in total. The van der Waals surface area contributed by atoms with Crippen molar-refractivity contribution in [3.63, 3.8) is 0 Å². The second-order valence-electron chi connectivity index (χ2n) is 7.18. The Hall–Kier alpha value is -1.17. The molecule has 1 saturated heterocycles. The third-order valence-electron chi connectivity index (χ3n) is 5.02. The third kappa shape index (κ3) is 6.63. The van der Waals surface area contributed by atoms with E-state index in [9.17, 15) is 34.2 Å². The van der Waals surface area contributed by atoms with E-state index in [4.69, 9.17) is 9.47 Å². The van der Waals surface area contributed by atoms with E-state index in [1.54, 1.807) is 18.2 Å². The van der Waals surface area contributed by atoms with Crippen molar-refractivity contribution in [1.29, 1.82) is 0 Å². The maximum absolute atomic E-state index is 12.7. The van der Waals surface area contributed by atoms with Gasteiger partial charge in [0.05, 0.1) is 33.4 Å². The minimum atomic E-state index is -5.34. The number of hydrogen-bond donors (Lipinski definition) is 4. The predicted molar refractivity (Wildman–Crippen MR) is 109 cm³/mol. The Kier molecular flexibility index (Phi) is 10.9. The van der Waals surface area contributed by atoms with Crippen LogP contribution in [0.5, 0.6) is 5.75 Å². The van der Waals surface area contributed by atoms with E-state index in [-0.39, 0.29) is 81.8 Å². The fourth-order valence-electron chi connectivity index (χ4n) is 3.44. The van der Waals surface area contributed by atoms with Crippen molar-refractivity contribution in [3.05, 3.63) is 46.5 Å².